The molecule has 0 unspecified atom stereocenters. The van der Waals surface area contributed by atoms with Crippen LogP contribution < -0.4 is 15.2 Å². The largest absolute Gasteiger partial charge is 0.488 e. The molecule has 1 aliphatic rings. The van der Waals surface area contributed by atoms with E-state index in [0.717, 1.165) is 10.8 Å². The number of halogens is 1. The molecule has 0 aliphatic carbocycles. The lowest BCUT2D eigenvalue weighted by molar-refractivity contribution is -0.117. The predicted molar refractivity (Wildman–Crippen MR) is 125 cm³/mol. The SMILES string of the molecule is O=C1NN(c2ccccc2)C(=O)C1=Cc1c(OCc2ccccc2F)ccc2ccccc12. The Morgan fingerprint density at radius 2 is 1.58 bits per heavy atom. The Kier molecular flexibility index (Phi) is 5.32. The van der Waals surface area contributed by atoms with Crippen molar-refractivity contribution in [2.75, 3.05) is 5.01 Å². The molecule has 1 N–H and O–H groups in total. The van der Waals surface area contributed by atoms with Crippen LogP contribution in [0.25, 0.3) is 16.8 Å². The van der Waals surface area contributed by atoms with Crippen LogP contribution in [-0.4, -0.2) is 11.8 Å². The predicted octanol–water partition coefficient (Wildman–Crippen LogP) is 5.02. The van der Waals surface area contributed by atoms with Gasteiger partial charge in [-0.2, -0.15) is 0 Å². The van der Waals surface area contributed by atoms with Crippen LogP contribution in [0.2, 0.25) is 0 Å². The lowest BCUT2D eigenvalue weighted by Gasteiger charge is -2.14. The number of benzene rings is 4. The summed E-state index contributed by atoms with van der Waals surface area (Å²) in [7, 11) is 0. The van der Waals surface area contributed by atoms with Gasteiger partial charge in [0.2, 0.25) is 0 Å². The second kappa shape index (κ2) is 8.59. The van der Waals surface area contributed by atoms with Crippen molar-refractivity contribution in [3.63, 3.8) is 0 Å². The Morgan fingerprint density at radius 3 is 2.39 bits per heavy atom. The highest BCUT2D eigenvalue weighted by Crippen LogP contribution is 2.32. The smallest absolute Gasteiger partial charge is 0.282 e. The molecule has 0 radical (unpaired) electrons. The van der Waals surface area contributed by atoms with Gasteiger partial charge in [0.15, 0.2) is 0 Å². The number of nitrogens with one attached hydrogen (secondary N) is 1. The molecular formula is C27H19FN2O3. The number of hydrogen-bond acceptors (Lipinski definition) is 3. The molecule has 1 fully saturated rings. The first-order chi connectivity index (χ1) is 16.1. The molecule has 4 aromatic carbocycles. The zero-order chi connectivity index (χ0) is 22.8. The summed E-state index contributed by atoms with van der Waals surface area (Å²) in [6, 6.07) is 26.5. The molecule has 162 valence electrons. The van der Waals surface area contributed by atoms with Crippen LogP contribution in [-0.2, 0) is 16.2 Å². The maximum Gasteiger partial charge on any atom is 0.282 e. The fraction of sp³-hybridized carbons (Fsp3) is 0.0370. The van der Waals surface area contributed by atoms with Crippen LogP contribution >= 0.6 is 0 Å². The van der Waals surface area contributed by atoms with Gasteiger partial charge in [0.05, 0.1) is 5.69 Å². The second-order valence-electron chi connectivity index (χ2n) is 7.55. The number of ether oxygens (including phenoxy) is 1. The van der Waals surface area contributed by atoms with Crippen LogP contribution in [0.15, 0.2) is 96.6 Å². The summed E-state index contributed by atoms with van der Waals surface area (Å²) in [5, 5.41) is 2.96. The Bertz CT molecular complexity index is 1400. The van der Waals surface area contributed by atoms with Gasteiger partial charge in [-0.3, -0.25) is 15.0 Å². The molecule has 0 saturated carbocycles. The fourth-order valence-electron chi connectivity index (χ4n) is 3.78. The quantitative estimate of drug-likeness (QED) is 0.352. The van der Waals surface area contributed by atoms with Crippen molar-refractivity contribution >= 4 is 34.4 Å². The van der Waals surface area contributed by atoms with Crippen LogP contribution in [0, 0.1) is 5.82 Å². The van der Waals surface area contributed by atoms with Crippen molar-refractivity contribution in [2.24, 2.45) is 0 Å². The highest BCUT2D eigenvalue weighted by Gasteiger charge is 2.34. The van der Waals surface area contributed by atoms with Gasteiger partial charge in [-0.25, -0.2) is 9.40 Å². The topological polar surface area (TPSA) is 58.6 Å². The molecular weight excluding hydrogens is 419 g/mol. The first-order valence-corrected chi connectivity index (χ1v) is 10.4. The highest BCUT2D eigenvalue weighted by atomic mass is 19.1. The van der Waals surface area contributed by atoms with Crippen molar-refractivity contribution in [1.29, 1.82) is 0 Å². The minimum Gasteiger partial charge on any atom is -0.488 e. The third-order valence-corrected chi connectivity index (χ3v) is 5.47. The zero-order valence-corrected chi connectivity index (χ0v) is 17.5. The Hall–Kier alpha value is -4.45. The van der Waals surface area contributed by atoms with E-state index in [-0.39, 0.29) is 18.0 Å². The molecule has 0 spiro atoms. The number of nitrogens with zero attached hydrogens (tertiary/aromatic N) is 1. The summed E-state index contributed by atoms with van der Waals surface area (Å²) >= 11 is 0. The average molecular weight is 438 g/mol. The van der Waals surface area contributed by atoms with Crippen LogP contribution in [0.5, 0.6) is 5.75 Å². The van der Waals surface area contributed by atoms with Gasteiger partial charge in [-0.15, -0.1) is 0 Å². The molecule has 1 heterocycles. The van der Waals surface area contributed by atoms with Crippen molar-refractivity contribution in [1.82, 2.24) is 5.43 Å². The van der Waals surface area contributed by atoms with Gasteiger partial charge < -0.3 is 4.74 Å². The second-order valence-corrected chi connectivity index (χ2v) is 7.55. The average Bonchev–Trinajstić information content (AvgIpc) is 3.13. The first-order valence-electron chi connectivity index (χ1n) is 10.4. The summed E-state index contributed by atoms with van der Waals surface area (Å²) in [6.45, 7) is 0.0114. The van der Waals surface area contributed by atoms with Crippen molar-refractivity contribution in [3.8, 4) is 5.75 Å². The van der Waals surface area contributed by atoms with Crippen molar-refractivity contribution in [2.45, 2.75) is 6.61 Å². The summed E-state index contributed by atoms with van der Waals surface area (Å²) in [6.07, 6.45) is 1.54. The Balaban J connectivity index is 1.56. The number of amides is 2. The minimum atomic E-state index is -0.503. The van der Waals surface area contributed by atoms with Gasteiger partial charge in [0, 0.05) is 11.1 Å². The normalized spacial score (nSPS) is 14.7. The molecule has 5 rings (SSSR count). The first kappa shape index (κ1) is 20.5. The lowest BCUT2D eigenvalue weighted by Crippen LogP contribution is -2.35. The van der Waals surface area contributed by atoms with Crippen molar-refractivity contribution in [3.05, 3.63) is 114 Å². The third kappa shape index (κ3) is 3.94. The van der Waals surface area contributed by atoms with Gasteiger partial charge in [-0.1, -0.05) is 66.7 Å². The van der Waals surface area contributed by atoms with E-state index in [1.165, 1.54) is 11.1 Å². The summed E-state index contributed by atoms with van der Waals surface area (Å²) in [4.78, 5) is 25.8. The summed E-state index contributed by atoms with van der Waals surface area (Å²) in [5.41, 5.74) is 4.16. The number of hydrazine groups is 1. The number of hydrogen-bond donors (Lipinski definition) is 1. The summed E-state index contributed by atoms with van der Waals surface area (Å²) in [5.74, 6) is -0.874. The Morgan fingerprint density at radius 1 is 0.848 bits per heavy atom. The fourth-order valence-corrected chi connectivity index (χ4v) is 3.78. The molecule has 2 amide bonds. The number of fused-ring (bicyclic) bond motifs is 1. The number of anilines is 1. The maximum atomic E-state index is 14.1. The lowest BCUT2D eigenvalue weighted by atomic mass is 10.0. The molecule has 1 saturated heterocycles. The minimum absolute atomic E-state index is 0.00838. The van der Waals surface area contributed by atoms with E-state index < -0.39 is 11.8 Å². The van der Waals surface area contributed by atoms with Crippen LogP contribution in [0.1, 0.15) is 11.1 Å². The maximum absolute atomic E-state index is 14.1. The van der Waals surface area contributed by atoms with E-state index in [0.29, 0.717) is 22.6 Å². The van der Waals surface area contributed by atoms with E-state index in [1.807, 2.05) is 36.4 Å². The standard InChI is InChI=1S/C27H19FN2O3/c28-24-13-7-5-9-19(24)17-33-25-15-14-18-8-4-6-12-21(18)22(25)16-23-26(31)29-30(27(23)32)20-10-2-1-3-11-20/h1-16H,17H2,(H,29,31). The van der Waals surface area contributed by atoms with Gasteiger partial charge in [0.1, 0.15) is 23.7 Å². The molecule has 33 heavy (non-hydrogen) atoms. The number of para-hydroxylation sites is 1. The van der Waals surface area contributed by atoms with E-state index in [9.17, 15) is 14.0 Å². The molecule has 0 atom stereocenters. The van der Waals surface area contributed by atoms with E-state index in [2.05, 4.69) is 5.43 Å². The zero-order valence-electron chi connectivity index (χ0n) is 17.5. The van der Waals surface area contributed by atoms with E-state index >= 15 is 0 Å². The van der Waals surface area contributed by atoms with Gasteiger partial charge in [-0.05, 0) is 41.1 Å². The number of rotatable bonds is 5. The molecule has 5 nitrogen and oxygen atoms in total. The molecule has 0 aromatic heterocycles. The highest BCUT2D eigenvalue weighted by molar-refractivity contribution is 6.32. The van der Waals surface area contributed by atoms with E-state index in [1.54, 1.807) is 54.6 Å². The van der Waals surface area contributed by atoms with Gasteiger partial charge >= 0.3 is 0 Å². The Labute approximate surface area is 189 Å². The van der Waals surface area contributed by atoms with Crippen LogP contribution in [0.4, 0.5) is 10.1 Å². The van der Waals surface area contributed by atoms with Crippen molar-refractivity contribution < 1.29 is 18.7 Å². The van der Waals surface area contributed by atoms with E-state index in [4.69, 9.17) is 4.74 Å². The molecule has 1 aliphatic heterocycles. The molecule has 4 aromatic rings. The third-order valence-electron chi connectivity index (χ3n) is 5.47. The molecule has 0 bridgehead atoms. The van der Waals surface area contributed by atoms with Crippen LogP contribution in [0.3, 0.4) is 0 Å². The summed E-state index contributed by atoms with van der Waals surface area (Å²) < 4.78 is 20.0. The number of carbonyl (C=O) groups excluding carboxylic acids is 2. The van der Waals surface area contributed by atoms with Gasteiger partial charge in [0.25, 0.3) is 11.8 Å². The monoisotopic (exact) mass is 438 g/mol. The number of carbonyl (C=O) groups is 2. The molecule has 6 heteroatoms.